The van der Waals surface area contributed by atoms with Crippen molar-refractivity contribution in [3.8, 4) is 28.5 Å². The molecule has 1 aromatic heterocycles. The second-order valence-corrected chi connectivity index (χ2v) is 7.53. The topological polar surface area (TPSA) is 103 Å². The number of para-hydroxylation sites is 1. The van der Waals surface area contributed by atoms with E-state index in [9.17, 15) is 9.59 Å². The van der Waals surface area contributed by atoms with Crippen LogP contribution in [0.2, 0.25) is 0 Å². The average molecular weight is 435 g/mol. The van der Waals surface area contributed by atoms with Crippen LogP contribution in [0, 0.1) is 0 Å². The van der Waals surface area contributed by atoms with Crippen LogP contribution in [-0.4, -0.2) is 41.8 Å². The molecule has 3 heterocycles. The monoisotopic (exact) mass is 435 g/mol. The first-order valence-corrected chi connectivity index (χ1v) is 10.2. The molecule has 5 rings (SSSR count). The van der Waals surface area contributed by atoms with E-state index in [1.807, 2.05) is 36.4 Å². The van der Waals surface area contributed by atoms with Gasteiger partial charge >= 0.3 is 0 Å². The summed E-state index contributed by atoms with van der Waals surface area (Å²) >= 11 is 0. The highest BCUT2D eigenvalue weighted by atomic mass is 16.7. The number of rotatable bonds is 6. The van der Waals surface area contributed by atoms with Gasteiger partial charge in [0.1, 0.15) is 17.5 Å². The lowest BCUT2D eigenvalue weighted by molar-refractivity contribution is -0.133. The molecule has 0 radical (unpaired) electrons. The van der Waals surface area contributed by atoms with Crippen LogP contribution in [-0.2, 0) is 16.1 Å². The Morgan fingerprint density at radius 1 is 1.19 bits per heavy atom. The Balaban J connectivity index is 1.29. The third-order valence-electron chi connectivity index (χ3n) is 5.56. The Bertz CT molecular complexity index is 1170. The summed E-state index contributed by atoms with van der Waals surface area (Å²) in [5.41, 5.74) is 2.15. The second-order valence-electron chi connectivity index (χ2n) is 7.53. The number of hydrogen-bond donors (Lipinski definition) is 1. The van der Waals surface area contributed by atoms with E-state index in [2.05, 4.69) is 10.5 Å². The molecule has 2 aliphatic rings. The van der Waals surface area contributed by atoms with Gasteiger partial charge in [0.25, 0.3) is 0 Å². The first-order chi connectivity index (χ1) is 15.6. The Morgan fingerprint density at radius 3 is 2.91 bits per heavy atom. The predicted octanol–water partition coefficient (Wildman–Crippen LogP) is 3.21. The summed E-state index contributed by atoms with van der Waals surface area (Å²) < 4.78 is 21.4. The van der Waals surface area contributed by atoms with Gasteiger partial charge in [-0.15, -0.1) is 0 Å². The van der Waals surface area contributed by atoms with Gasteiger partial charge in [-0.05, 0) is 36.2 Å². The van der Waals surface area contributed by atoms with Crippen molar-refractivity contribution in [2.24, 2.45) is 0 Å². The number of anilines is 1. The van der Waals surface area contributed by atoms with Crippen molar-refractivity contribution in [3.63, 3.8) is 0 Å². The molecule has 32 heavy (non-hydrogen) atoms. The number of benzene rings is 2. The fourth-order valence-corrected chi connectivity index (χ4v) is 3.96. The molecule has 0 bridgehead atoms. The highest BCUT2D eigenvalue weighted by Crippen LogP contribution is 2.34. The van der Waals surface area contributed by atoms with Crippen LogP contribution in [0.15, 0.2) is 53.1 Å². The van der Waals surface area contributed by atoms with Crippen LogP contribution < -0.4 is 19.5 Å². The number of hydrogen-bond acceptors (Lipinski definition) is 7. The number of aromatic nitrogens is 1. The molecule has 1 N–H and O–H groups in total. The number of carbonyl (C=O) groups is 2. The van der Waals surface area contributed by atoms with Crippen LogP contribution in [0.3, 0.4) is 0 Å². The van der Waals surface area contributed by atoms with Crippen molar-refractivity contribution in [3.05, 3.63) is 54.1 Å². The number of carbonyl (C=O) groups excluding carboxylic acids is 2. The molecule has 9 nitrogen and oxygen atoms in total. The summed E-state index contributed by atoms with van der Waals surface area (Å²) in [5, 5.41) is 6.78. The molecule has 1 atom stereocenters. The van der Waals surface area contributed by atoms with Gasteiger partial charge in [0, 0.05) is 24.6 Å². The molecule has 3 aromatic rings. The molecule has 1 saturated heterocycles. The third-order valence-corrected chi connectivity index (χ3v) is 5.56. The fourth-order valence-electron chi connectivity index (χ4n) is 3.96. The zero-order valence-electron chi connectivity index (χ0n) is 17.4. The fraction of sp³-hybridized carbons (Fsp3) is 0.261. The van der Waals surface area contributed by atoms with Crippen LogP contribution in [0.1, 0.15) is 18.4 Å². The Kier molecular flexibility index (Phi) is 5.14. The smallest absolute Gasteiger partial charge is 0.249 e. The van der Waals surface area contributed by atoms with Gasteiger partial charge in [-0.2, -0.15) is 0 Å². The molecule has 1 fully saturated rings. The van der Waals surface area contributed by atoms with E-state index in [4.69, 9.17) is 18.7 Å². The van der Waals surface area contributed by atoms with E-state index >= 15 is 0 Å². The van der Waals surface area contributed by atoms with Crippen LogP contribution in [0.25, 0.3) is 11.3 Å². The minimum Gasteiger partial charge on any atom is -0.496 e. The maximum atomic E-state index is 13.0. The number of nitrogens with zero attached hydrogens (tertiary/aromatic N) is 2. The van der Waals surface area contributed by atoms with Gasteiger partial charge in [-0.25, -0.2) is 0 Å². The van der Waals surface area contributed by atoms with E-state index in [1.165, 1.54) is 0 Å². The molecular weight excluding hydrogens is 414 g/mol. The summed E-state index contributed by atoms with van der Waals surface area (Å²) in [7, 11) is 1.58. The number of nitrogens with one attached hydrogen (secondary N) is 1. The van der Waals surface area contributed by atoms with E-state index in [1.54, 1.807) is 24.1 Å². The van der Waals surface area contributed by atoms with Gasteiger partial charge in [0.05, 0.1) is 7.11 Å². The number of likely N-dealkylation sites (tertiary alicyclic amines) is 1. The van der Waals surface area contributed by atoms with Crippen molar-refractivity contribution in [1.29, 1.82) is 0 Å². The Labute approximate surface area is 183 Å². The maximum Gasteiger partial charge on any atom is 0.249 e. The molecule has 2 aromatic carbocycles. The summed E-state index contributed by atoms with van der Waals surface area (Å²) in [4.78, 5) is 27.0. The third kappa shape index (κ3) is 3.73. The van der Waals surface area contributed by atoms with Gasteiger partial charge in [0.2, 0.25) is 24.5 Å². The van der Waals surface area contributed by atoms with Crippen molar-refractivity contribution in [2.75, 3.05) is 19.2 Å². The van der Waals surface area contributed by atoms with E-state index < -0.39 is 6.04 Å². The first-order valence-electron chi connectivity index (χ1n) is 10.2. The molecule has 0 saturated carbocycles. The quantitative estimate of drug-likeness (QED) is 0.634. The molecule has 1 unspecified atom stereocenters. The van der Waals surface area contributed by atoms with Crippen LogP contribution in [0.5, 0.6) is 17.2 Å². The van der Waals surface area contributed by atoms with Gasteiger partial charge in [0.15, 0.2) is 11.5 Å². The van der Waals surface area contributed by atoms with Gasteiger partial charge in [-0.1, -0.05) is 23.4 Å². The summed E-state index contributed by atoms with van der Waals surface area (Å²) in [6.45, 7) is 0.483. The lowest BCUT2D eigenvalue weighted by atomic mass is 10.1. The standard InChI is InChI=1S/C23H21N3O6/c1-29-18-5-3-2-4-15(18)16-11-21(32-25-16)24-23(28)17-7-9-22(27)26(17)12-14-6-8-19-20(10-14)31-13-30-19/h2-6,8,10-11,17H,7,9,12-13H2,1H3,(H,24,28). The summed E-state index contributed by atoms with van der Waals surface area (Å²) in [5.74, 6) is 1.77. The SMILES string of the molecule is COc1ccccc1-c1cc(NC(=O)C2CCC(=O)N2Cc2ccc3c(c2)OCO3)on1. The number of amides is 2. The second kappa shape index (κ2) is 8.26. The molecule has 9 heteroatoms. The molecule has 164 valence electrons. The molecule has 0 spiro atoms. The minimum atomic E-state index is -0.604. The lowest BCUT2D eigenvalue weighted by Gasteiger charge is -2.23. The minimum absolute atomic E-state index is 0.0740. The molecule has 2 aliphatic heterocycles. The van der Waals surface area contributed by atoms with Crippen molar-refractivity contribution in [1.82, 2.24) is 10.1 Å². The highest BCUT2D eigenvalue weighted by Gasteiger charge is 2.36. The van der Waals surface area contributed by atoms with E-state index in [0.717, 1.165) is 11.1 Å². The highest BCUT2D eigenvalue weighted by molar-refractivity contribution is 5.98. The number of fused-ring (bicyclic) bond motifs is 1. The van der Waals surface area contributed by atoms with E-state index in [0.29, 0.717) is 42.3 Å². The number of ether oxygens (including phenoxy) is 3. The van der Waals surface area contributed by atoms with Gasteiger partial charge in [-0.3, -0.25) is 14.9 Å². The number of methoxy groups -OCH3 is 1. The summed E-state index contributed by atoms with van der Waals surface area (Å²) in [6.07, 6.45) is 0.744. The zero-order chi connectivity index (χ0) is 22.1. The molecular formula is C23H21N3O6. The largest absolute Gasteiger partial charge is 0.496 e. The van der Waals surface area contributed by atoms with Crippen molar-refractivity contribution in [2.45, 2.75) is 25.4 Å². The summed E-state index contributed by atoms with van der Waals surface area (Å²) in [6, 6.07) is 13.9. The molecule has 2 amide bonds. The Hall–Kier alpha value is -4.01. The zero-order valence-corrected chi connectivity index (χ0v) is 17.4. The van der Waals surface area contributed by atoms with Crippen LogP contribution in [0.4, 0.5) is 5.88 Å². The first kappa shape index (κ1) is 19.9. The lowest BCUT2D eigenvalue weighted by Crippen LogP contribution is -2.41. The average Bonchev–Trinajstić information content (AvgIpc) is 3.54. The molecule has 0 aliphatic carbocycles. The van der Waals surface area contributed by atoms with Crippen LogP contribution >= 0.6 is 0 Å². The predicted molar refractivity (Wildman–Crippen MR) is 113 cm³/mol. The van der Waals surface area contributed by atoms with E-state index in [-0.39, 0.29) is 24.5 Å². The van der Waals surface area contributed by atoms with Crippen molar-refractivity contribution < 1.29 is 28.3 Å². The van der Waals surface area contributed by atoms with Gasteiger partial charge < -0.3 is 23.6 Å². The normalized spacial score (nSPS) is 17.0. The van der Waals surface area contributed by atoms with Crippen molar-refractivity contribution >= 4 is 17.7 Å². The maximum absolute atomic E-state index is 13.0. The Morgan fingerprint density at radius 2 is 2.03 bits per heavy atom.